The lowest BCUT2D eigenvalue weighted by Crippen LogP contribution is -2.34. The SMILES string of the molecule is O=C(O)c1cccc(CN2CCC[C@@H](c3ccncn3)C2)n1. The Bertz CT molecular complexity index is 648. The van der Waals surface area contributed by atoms with Crippen LogP contribution in [0, 0.1) is 0 Å². The van der Waals surface area contributed by atoms with Crippen LogP contribution in [0.4, 0.5) is 0 Å². The van der Waals surface area contributed by atoms with Crippen LogP contribution in [-0.2, 0) is 6.54 Å². The van der Waals surface area contributed by atoms with E-state index < -0.39 is 5.97 Å². The van der Waals surface area contributed by atoms with E-state index in [9.17, 15) is 4.79 Å². The molecule has 1 fully saturated rings. The third-order valence-electron chi connectivity index (χ3n) is 3.94. The molecule has 0 unspecified atom stereocenters. The minimum atomic E-state index is -0.987. The predicted octanol–water partition coefficient (Wildman–Crippen LogP) is 1.95. The van der Waals surface area contributed by atoms with E-state index in [2.05, 4.69) is 19.9 Å². The van der Waals surface area contributed by atoms with Gasteiger partial charge in [0, 0.05) is 30.9 Å². The van der Waals surface area contributed by atoms with E-state index in [1.807, 2.05) is 12.1 Å². The smallest absolute Gasteiger partial charge is 0.354 e. The Morgan fingerprint density at radius 2 is 2.27 bits per heavy atom. The highest BCUT2D eigenvalue weighted by molar-refractivity contribution is 5.85. The maximum atomic E-state index is 11.0. The molecule has 1 N–H and O–H groups in total. The summed E-state index contributed by atoms with van der Waals surface area (Å²) in [4.78, 5) is 25.8. The minimum absolute atomic E-state index is 0.0989. The highest BCUT2D eigenvalue weighted by atomic mass is 16.4. The number of aromatic nitrogens is 3. The Morgan fingerprint density at radius 1 is 1.36 bits per heavy atom. The van der Waals surface area contributed by atoms with Gasteiger partial charge >= 0.3 is 5.97 Å². The first-order valence-electron chi connectivity index (χ1n) is 7.40. The quantitative estimate of drug-likeness (QED) is 0.929. The van der Waals surface area contributed by atoms with E-state index in [4.69, 9.17) is 5.11 Å². The molecule has 3 rings (SSSR count). The summed E-state index contributed by atoms with van der Waals surface area (Å²) in [6, 6.07) is 7.11. The Balaban J connectivity index is 1.68. The zero-order valence-electron chi connectivity index (χ0n) is 12.2. The Labute approximate surface area is 128 Å². The maximum Gasteiger partial charge on any atom is 0.354 e. The number of pyridine rings is 1. The fourth-order valence-corrected chi connectivity index (χ4v) is 2.90. The third-order valence-corrected chi connectivity index (χ3v) is 3.94. The number of nitrogens with zero attached hydrogens (tertiary/aromatic N) is 4. The summed E-state index contributed by atoms with van der Waals surface area (Å²) in [7, 11) is 0. The van der Waals surface area contributed by atoms with Crippen molar-refractivity contribution in [2.24, 2.45) is 0 Å². The number of piperidine rings is 1. The van der Waals surface area contributed by atoms with Gasteiger partial charge in [0.15, 0.2) is 0 Å². The first-order chi connectivity index (χ1) is 10.7. The number of carboxylic acids is 1. The molecule has 0 saturated carbocycles. The van der Waals surface area contributed by atoms with Gasteiger partial charge < -0.3 is 5.11 Å². The summed E-state index contributed by atoms with van der Waals surface area (Å²) in [6.07, 6.45) is 5.59. The molecular weight excluding hydrogens is 280 g/mol. The van der Waals surface area contributed by atoms with Gasteiger partial charge in [0.25, 0.3) is 0 Å². The van der Waals surface area contributed by atoms with Crippen molar-refractivity contribution < 1.29 is 9.90 Å². The van der Waals surface area contributed by atoms with Crippen LogP contribution < -0.4 is 0 Å². The molecule has 3 heterocycles. The van der Waals surface area contributed by atoms with E-state index >= 15 is 0 Å². The topological polar surface area (TPSA) is 79.2 Å². The first kappa shape index (κ1) is 14.6. The number of hydrogen-bond acceptors (Lipinski definition) is 5. The molecule has 1 aliphatic heterocycles. The van der Waals surface area contributed by atoms with E-state index in [1.54, 1.807) is 18.6 Å². The Hall–Kier alpha value is -2.34. The molecule has 0 amide bonds. The molecule has 1 atom stereocenters. The van der Waals surface area contributed by atoms with Crippen LogP contribution in [0.25, 0.3) is 0 Å². The second-order valence-corrected chi connectivity index (χ2v) is 5.53. The number of carboxylic acid groups (broad SMARTS) is 1. The number of aromatic carboxylic acids is 1. The van der Waals surface area contributed by atoms with Gasteiger partial charge in [0.2, 0.25) is 0 Å². The monoisotopic (exact) mass is 298 g/mol. The van der Waals surface area contributed by atoms with E-state index in [-0.39, 0.29) is 5.69 Å². The van der Waals surface area contributed by atoms with Crippen molar-refractivity contribution in [3.8, 4) is 0 Å². The van der Waals surface area contributed by atoms with Crippen LogP contribution in [-0.4, -0.2) is 44.0 Å². The molecule has 1 saturated heterocycles. The second-order valence-electron chi connectivity index (χ2n) is 5.53. The largest absolute Gasteiger partial charge is 0.477 e. The number of hydrogen-bond donors (Lipinski definition) is 1. The van der Waals surface area contributed by atoms with Gasteiger partial charge in [-0.1, -0.05) is 6.07 Å². The molecule has 114 valence electrons. The highest BCUT2D eigenvalue weighted by Crippen LogP contribution is 2.25. The van der Waals surface area contributed by atoms with Crippen molar-refractivity contribution in [3.05, 3.63) is 53.9 Å². The number of carbonyl (C=O) groups is 1. The first-order valence-corrected chi connectivity index (χ1v) is 7.40. The standard InChI is InChI=1S/C16H18N4O2/c21-16(22)15-5-1-4-13(19-15)10-20-8-2-3-12(9-20)14-6-7-17-11-18-14/h1,4-7,11-12H,2-3,8-10H2,(H,21,22)/t12-/m1/s1. The number of rotatable bonds is 4. The lowest BCUT2D eigenvalue weighted by molar-refractivity contribution is 0.0689. The van der Waals surface area contributed by atoms with Crippen molar-refractivity contribution in [3.63, 3.8) is 0 Å². The molecule has 6 heteroatoms. The highest BCUT2D eigenvalue weighted by Gasteiger charge is 2.22. The summed E-state index contributed by atoms with van der Waals surface area (Å²) in [5.74, 6) is -0.584. The molecular formula is C16H18N4O2. The van der Waals surface area contributed by atoms with Crippen molar-refractivity contribution in [1.82, 2.24) is 19.9 Å². The van der Waals surface area contributed by atoms with Crippen molar-refractivity contribution in [2.75, 3.05) is 13.1 Å². The summed E-state index contributed by atoms with van der Waals surface area (Å²) in [6.45, 7) is 2.58. The van der Waals surface area contributed by atoms with E-state index in [0.717, 1.165) is 37.3 Å². The zero-order chi connectivity index (χ0) is 15.4. The second kappa shape index (κ2) is 6.62. The molecule has 6 nitrogen and oxygen atoms in total. The van der Waals surface area contributed by atoms with E-state index in [1.165, 1.54) is 6.07 Å². The van der Waals surface area contributed by atoms with Gasteiger partial charge in [-0.15, -0.1) is 0 Å². The molecule has 22 heavy (non-hydrogen) atoms. The predicted molar refractivity (Wildman–Crippen MR) is 80.5 cm³/mol. The molecule has 0 spiro atoms. The molecule has 2 aromatic rings. The zero-order valence-corrected chi connectivity index (χ0v) is 12.2. The van der Waals surface area contributed by atoms with Gasteiger partial charge in [-0.2, -0.15) is 0 Å². The molecule has 0 aromatic carbocycles. The van der Waals surface area contributed by atoms with Gasteiger partial charge in [0.1, 0.15) is 12.0 Å². The van der Waals surface area contributed by atoms with Gasteiger partial charge in [-0.05, 0) is 37.6 Å². The number of likely N-dealkylation sites (tertiary alicyclic amines) is 1. The summed E-state index contributed by atoms with van der Waals surface area (Å²) < 4.78 is 0. The minimum Gasteiger partial charge on any atom is -0.477 e. The summed E-state index contributed by atoms with van der Waals surface area (Å²) in [5.41, 5.74) is 1.97. The summed E-state index contributed by atoms with van der Waals surface area (Å²) >= 11 is 0. The van der Waals surface area contributed by atoms with Gasteiger partial charge in [-0.25, -0.2) is 19.7 Å². The summed E-state index contributed by atoms with van der Waals surface area (Å²) in [5, 5.41) is 9.02. The lowest BCUT2D eigenvalue weighted by Gasteiger charge is -2.32. The van der Waals surface area contributed by atoms with Gasteiger partial charge in [-0.3, -0.25) is 4.90 Å². The molecule has 1 aliphatic rings. The Morgan fingerprint density at radius 3 is 3.05 bits per heavy atom. The van der Waals surface area contributed by atoms with Crippen LogP contribution in [0.2, 0.25) is 0 Å². The van der Waals surface area contributed by atoms with Crippen molar-refractivity contribution in [1.29, 1.82) is 0 Å². The molecule has 0 bridgehead atoms. The maximum absolute atomic E-state index is 11.0. The van der Waals surface area contributed by atoms with Crippen LogP contribution in [0.1, 0.15) is 40.6 Å². The van der Waals surface area contributed by atoms with Gasteiger partial charge in [0.05, 0.1) is 5.69 Å². The van der Waals surface area contributed by atoms with Crippen LogP contribution in [0.5, 0.6) is 0 Å². The average molecular weight is 298 g/mol. The fraction of sp³-hybridized carbons (Fsp3) is 0.375. The van der Waals surface area contributed by atoms with Crippen LogP contribution in [0.3, 0.4) is 0 Å². The molecule has 0 radical (unpaired) electrons. The molecule has 2 aromatic heterocycles. The van der Waals surface area contributed by atoms with Crippen LogP contribution in [0.15, 0.2) is 36.8 Å². The average Bonchev–Trinajstić information content (AvgIpc) is 2.56. The third kappa shape index (κ3) is 3.46. The Kier molecular flexibility index (Phi) is 4.39. The van der Waals surface area contributed by atoms with Crippen LogP contribution >= 0.6 is 0 Å². The fourth-order valence-electron chi connectivity index (χ4n) is 2.90. The lowest BCUT2D eigenvalue weighted by atomic mass is 9.94. The van der Waals surface area contributed by atoms with Crippen molar-refractivity contribution >= 4 is 5.97 Å². The van der Waals surface area contributed by atoms with E-state index in [0.29, 0.717) is 12.5 Å². The molecule has 0 aliphatic carbocycles. The van der Waals surface area contributed by atoms with Crippen molar-refractivity contribution in [2.45, 2.75) is 25.3 Å². The normalized spacial score (nSPS) is 19.0.